The SMILES string of the molecule is CC(=O)N[C@@H](Cc1c[nH]c2ccccc12)C(=O)N[C@@H](CCC(=O)[O-])C(=O)N[C@@H](Cc1cnc[nH]1)C(=O)N[C@H](CO)CC(=O)[O-]. The lowest BCUT2D eigenvalue weighted by molar-refractivity contribution is -0.307. The van der Waals surface area contributed by atoms with Crippen LogP contribution in [0.3, 0.4) is 0 Å². The third kappa shape index (κ3) is 9.94. The number of aliphatic carboxylic acids is 2. The molecule has 2 heterocycles. The van der Waals surface area contributed by atoms with Crippen LogP contribution in [0.1, 0.15) is 37.4 Å². The molecule has 7 N–H and O–H groups in total. The van der Waals surface area contributed by atoms with Crippen molar-refractivity contribution in [1.82, 2.24) is 36.2 Å². The van der Waals surface area contributed by atoms with Gasteiger partial charge in [-0.3, -0.25) is 19.2 Å². The van der Waals surface area contributed by atoms with Gasteiger partial charge in [0.05, 0.1) is 19.0 Å². The molecule has 3 aromatic rings. The van der Waals surface area contributed by atoms with Gasteiger partial charge < -0.3 is 56.1 Å². The molecule has 4 atom stereocenters. The number of carboxylic acids is 2. The first-order chi connectivity index (χ1) is 21.0. The second-order valence-corrected chi connectivity index (χ2v) is 10.1. The van der Waals surface area contributed by atoms with E-state index in [2.05, 4.69) is 36.2 Å². The molecular weight excluding hydrogens is 578 g/mol. The van der Waals surface area contributed by atoms with Crippen molar-refractivity contribution >= 4 is 46.5 Å². The van der Waals surface area contributed by atoms with Crippen molar-refractivity contribution in [2.45, 2.75) is 63.2 Å². The van der Waals surface area contributed by atoms with Crippen LogP contribution in [0.4, 0.5) is 0 Å². The van der Waals surface area contributed by atoms with E-state index in [1.807, 2.05) is 24.3 Å². The number of nitrogens with one attached hydrogen (secondary N) is 6. The average Bonchev–Trinajstić information content (AvgIpc) is 3.63. The third-order valence-corrected chi connectivity index (χ3v) is 6.65. The number of hydrogen-bond acceptors (Lipinski definition) is 10. The molecule has 0 aliphatic rings. The van der Waals surface area contributed by atoms with Crippen LogP contribution in [-0.4, -0.2) is 86.4 Å². The molecule has 0 saturated heterocycles. The Balaban J connectivity index is 1.81. The van der Waals surface area contributed by atoms with Crippen molar-refractivity contribution in [1.29, 1.82) is 0 Å². The van der Waals surface area contributed by atoms with Gasteiger partial charge >= 0.3 is 0 Å². The number of aliphatic hydroxyl groups is 1. The molecule has 16 heteroatoms. The Morgan fingerprint density at radius 1 is 0.864 bits per heavy atom. The highest BCUT2D eigenvalue weighted by Crippen LogP contribution is 2.19. The summed E-state index contributed by atoms with van der Waals surface area (Å²) >= 11 is 0. The summed E-state index contributed by atoms with van der Waals surface area (Å²) in [5.41, 5.74) is 1.92. The molecule has 236 valence electrons. The second-order valence-electron chi connectivity index (χ2n) is 10.1. The first-order valence-corrected chi connectivity index (χ1v) is 13.7. The van der Waals surface area contributed by atoms with Gasteiger partial charge in [0, 0.05) is 67.1 Å². The Bertz CT molecular complexity index is 1470. The number of nitrogens with zero attached hydrogens (tertiary/aromatic N) is 1. The molecule has 3 rings (SSSR count). The molecule has 2 aromatic heterocycles. The fraction of sp³-hybridized carbons (Fsp3) is 0.393. The van der Waals surface area contributed by atoms with E-state index in [1.165, 1.54) is 19.4 Å². The molecule has 0 fully saturated rings. The number of aromatic nitrogens is 3. The quantitative estimate of drug-likeness (QED) is 0.0785. The maximum Gasteiger partial charge on any atom is 0.243 e. The predicted molar refractivity (Wildman–Crippen MR) is 149 cm³/mol. The topological polar surface area (TPSA) is 261 Å². The van der Waals surface area contributed by atoms with Crippen molar-refractivity contribution in [2.24, 2.45) is 0 Å². The van der Waals surface area contributed by atoms with Gasteiger partial charge in [-0.15, -0.1) is 0 Å². The zero-order chi connectivity index (χ0) is 32.2. The number of fused-ring (bicyclic) bond motifs is 1. The third-order valence-electron chi connectivity index (χ3n) is 6.65. The van der Waals surface area contributed by atoms with Crippen LogP contribution in [0.15, 0.2) is 43.0 Å². The Kier molecular flexibility index (Phi) is 12.0. The summed E-state index contributed by atoms with van der Waals surface area (Å²) in [6.07, 6.45) is 2.55. The van der Waals surface area contributed by atoms with Crippen LogP contribution in [0, 0.1) is 0 Å². The van der Waals surface area contributed by atoms with Crippen LogP contribution in [0.5, 0.6) is 0 Å². The van der Waals surface area contributed by atoms with E-state index >= 15 is 0 Å². The zero-order valence-electron chi connectivity index (χ0n) is 23.8. The summed E-state index contributed by atoms with van der Waals surface area (Å²) in [7, 11) is 0. The first-order valence-electron chi connectivity index (χ1n) is 13.7. The zero-order valence-corrected chi connectivity index (χ0v) is 23.8. The molecule has 1 aromatic carbocycles. The number of carbonyl (C=O) groups excluding carboxylic acids is 6. The van der Waals surface area contributed by atoms with E-state index in [0.29, 0.717) is 11.3 Å². The number of para-hydroxylation sites is 1. The van der Waals surface area contributed by atoms with Crippen LogP contribution >= 0.6 is 0 Å². The van der Waals surface area contributed by atoms with Gasteiger partial charge in [0.15, 0.2) is 0 Å². The second kappa shape index (κ2) is 15.8. The maximum atomic E-state index is 13.4. The summed E-state index contributed by atoms with van der Waals surface area (Å²) in [5, 5.41) is 42.3. The van der Waals surface area contributed by atoms with Crippen molar-refractivity contribution in [3.8, 4) is 0 Å². The van der Waals surface area contributed by atoms with Gasteiger partial charge in [-0.05, 0) is 24.5 Å². The first kappa shape index (κ1) is 33.3. The minimum atomic E-state index is -1.52. The lowest BCUT2D eigenvalue weighted by Gasteiger charge is -2.26. The highest BCUT2D eigenvalue weighted by Gasteiger charge is 2.31. The molecule has 0 unspecified atom stereocenters. The smallest absolute Gasteiger partial charge is 0.243 e. The Morgan fingerprint density at radius 2 is 1.52 bits per heavy atom. The number of imidazole rings is 1. The number of rotatable bonds is 17. The van der Waals surface area contributed by atoms with Gasteiger partial charge in [0.2, 0.25) is 23.6 Å². The Labute approximate surface area is 251 Å². The monoisotopic (exact) mass is 611 g/mol. The van der Waals surface area contributed by atoms with Crippen LogP contribution in [0.25, 0.3) is 10.9 Å². The van der Waals surface area contributed by atoms with Crippen molar-refractivity contribution in [3.63, 3.8) is 0 Å². The normalized spacial score (nSPS) is 13.7. The highest BCUT2D eigenvalue weighted by molar-refractivity contribution is 5.95. The van der Waals surface area contributed by atoms with Crippen LogP contribution < -0.4 is 31.5 Å². The maximum absolute atomic E-state index is 13.4. The molecule has 0 spiro atoms. The Morgan fingerprint density at radius 3 is 2.16 bits per heavy atom. The summed E-state index contributed by atoms with van der Waals surface area (Å²) in [5.74, 6) is -6.12. The molecule has 44 heavy (non-hydrogen) atoms. The van der Waals surface area contributed by atoms with Crippen molar-refractivity contribution < 1.29 is 44.1 Å². The van der Waals surface area contributed by atoms with Gasteiger partial charge in [0.1, 0.15) is 18.1 Å². The number of carboxylic acid groups (broad SMARTS) is 2. The minimum Gasteiger partial charge on any atom is -0.550 e. The molecule has 16 nitrogen and oxygen atoms in total. The highest BCUT2D eigenvalue weighted by atomic mass is 16.4. The van der Waals surface area contributed by atoms with Crippen LogP contribution in [0.2, 0.25) is 0 Å². The number of amides is 4. The van der Waals surface area contributed by atoms with E-state index in [9.17, 15) is 44.1 Å². The van der Waals surface area contributed by atoms with E-state index in [1.54, 1.807) is 6.20 Å². The number of aromatic amines is 2. The van der Waals surface area contributed by atoms with E-state index in [0.717, 1.165) is 10.9 Å². The summed E-state index contributed by atoms with van der Waals surface area (Å²) in [4.78, 5) is 83.8. The number of H-pyrrole nitrogens is 2. The van der Waals surface area contributed by atoms with E-state index in [-0.39, 0.29) is 12.8 Å². The van der Waals surface area contributed by atoms with Crippen molar-refractivity contribution in [2.75, 3.05) is 6.61 Å². The predicted octanol–water partition coefficient (Wildman–Crippen LogP) is -3.70. The van der Waals surface area contributed by atoms with E-state index < -0.39 is 85.6 Å². The largest absolute Gasteiger partial charge is 0.550 e. The number of hydrogen-bond donors (Lipinski definition) is 7. The van der Waals surface area contributed by atoms with Gasteiger partial charge in [-0.2, -0.15) is 0 Å². The van der Waals surface area contributed by atoms with Crippen molar-refractivity contribution in [3.05, 3.63) is 54.2 Å². The molecule has 4 amide bonds. The number of carbonyl (C=O) groups is 6. The fourth-order valence-electron chi connectivity index (χ4n) is 4.54. The molecule has 0 bridgehead atoms. The average molecular weight is 612 g/mol. The Hall–Kier alpha value is -5.25. The lowest BCUT2D eigenvalue weighted by atomic mass is 10.0. The fourth-order valence-corrected chi connectivity index (χ4v) is 4.54. The van der Waals surface area contributed by atoms with Crippen LogP contribution in [-0.2, 0) is 41.6 Å². The molecule has 0 saturated carbocycles. The molecular formula is C28H33N7O9-2. The minimum absolute atomic E-state index is 0.0378. The number of aliphatic hydroxyl groups excluding tert-OH is 1. The van der Waals surface area contributed by atoms with Gasteiger partial charge in [-0.1, -0.05) is 18.2 Å². The van der Waals surface area contributed by atoms with Gasteiger partial charge in [0.25, 0.3) is 0 Å². The standard InChI is InChI=1S/C28H35N7O9/c1-15(37)32-22(8-16-11-30-20-5-3-2-4-19(16)20)28(44)34-21(6-7-24(38)39)26(42)35-23(9-17-12-29-14-31-17)27(43)33-18(13-36)10-25(40)41/h2-5,11-12,14,18,21-23,30,36H,6-10,13H2,1H3,(H,29,31)(H,32,37)(H,33,43)(H,34,44)(H,35,42)(H,38,39)(H,40,41)/p-2/t18-,21-,22-,23-/m0/s1. The summed E-state index contributed by atoms with van der Waals surface area (Å²) < 4.78 is 0. The number of benzene rings is 1. The molecule has 0 aliphatic carbocycles. The van der Waals surface area contributed by atoms with Gasteiger partial charge in [-0.25, -0.2) is 4.98 Å². The summed E-state index contributed by atoms with van der Waals surface area (Å²) in [6, 6.07) is 2.10. The molecule has 0 radical (unpaired) electrons. The molecule has 0 aliphatic heterocycles. The lowest BCUT2D eigenvalue weighted by Crippen LogP contribution is -2.58. The summed E-state index contributed by atoms with van der Waals surface area (Å²) in [6.45, 7) is 0.490. The van der Waals surface area contributed by atoms with E-state index in [4.69, 9.17) is 0 Å².